The smallest absolute Gasteiger partial charge is 0.243 e. The number of sulfonamides is 1. The molecule has 0 saturated carbocycles. The Bertz CT molecular complexity index is 1420. The van der Waals surface area contributed by atoms with Crippen LogP contribution in [0.2, 0.25) is 5.02 Å². The number of nitrogens with one attached hydrogen (secondary N) is 1. The zero-order valence-electron chi connectivity index (χ0n) is 18.9. The molecule has 0 fully saturated rings. The monoisotopic (exact) mass is 581 g/mol. The summed E-state index contributed by atoms with van der Waals surface area (Å²) in [5.74, 6) is 1.40. The first-order valence-electron chi connectivity index (χ1n) is 10.3. The second-order valence-corrected chi connectivity index (χ2v) is 10.8. The van der Waals surface area contributed by atoms with Crippen LogP contribution in [-0.2, 0) is 16.4 Å². The fraction of sp³-hybridized carbons (Fsp3) is 0.227. The Hall–Kier alpha value is -3.09. The van der Waals surface area contributed by atoms with E-state index >= 15 is 0 Å². The van der Waals surface area contributed by atoms with Gasteiger partial charge in [-0.25, -0.2) is 8.42 Å². The number of ether oxygens (including phenoxy) is 2. The number of anilines is 1. The molecule has 0 bridgehead atoms. The van der Waals surface area contributed by atoms with Crippen molar-refractivity contribution in [3.8, 4) is 28.8 Å². The molecule has 4 rings (SSSR count). The molecule has 4 aromatic rings. The molecule has 1 aromatic carbocycles. The Morgan fingerprint density at radius 1 is 1.17 bits per heavy atom. The molecule has 0 amide bonds. The lowest BCUT2D eigenvalue weighted by molar-refractivity contribution is 0.391. The Morgan fingerprint density at radius 2 is 1.89 bits per heavy atom. The van der Waals surface area contributed by atoms with Crippen molar-refractivity contribution in [3.05, 3.63) is 64.0 Å². The van der Waals surface area contributed by atoms with E-state index in [2.05, 4.69) is 35.8 Å². The number of benzene rings is 1. The highest BCUT2D eigenvalue weighted by atomic mass is 79.9. The van der Waals surface area contributed by atoms with Gasteiger partial charge < -0.3 is 13.9 Å². The van der Waals surface area contributed by atoms with E-state index in [0.717, 1.165) is 0 Å². The summed E-state index contributed by atoms with van der Waals surface area (Å²) in [6, 6.07) is 10.2. The second kappa shape index (κ2) is 10.3. The zero-order chi connectivity index (χ0) is 25.2. The van der Waals surface area contributed by atoms with Gasteiger partial charge in [0.2, 0.25) is 21.8 Å². The largest absolute Gasteiger partial charge is 0.494 e. The summed E-state index contributed by atoms with van der Waals surface area (Å²) in [6.07, 6.45) is 3.08. The molecule has 3 heterocycles. The Balaban J connectivity index is 1.77. The fourth-order valence-corrected chi connectivity index (χ4v) is 5.15. The molecule has 1 atom stereocenters. The summed E-state index contributed by atoms with van der Waals surface area (Å²) in [4.78, 5) is 4.24. The highest BCUT2D eigenvalue weighted by Gasteiger charge is 2.29. The lowest BCUT2D eigenvalue weighted by Crippen LogP contribution is -2.29. The highest BCUT2D eigenvalue weighted by molar-refractivity contribution is 9.10. The number of furan rings is 1. The maximum Gasteiger partial charge on any atom is 0.243 e. The molecule has 13 heteroatoms. The first kappa shape index (κ1) is 25.0. The third-order valence-corrected chi connectivity index (χ3v) is 7.74. The number of nitrogens with zero attached hydrogens (tertiary/aromatic N) is 4. The highest BCUT2D eigenvalue weighted by Crippen LogP contribution is 2.38. The number of methoxy groups -OCH3 is 2. The molecule has 10 nitrogen and oxygen atoms in total. The first-order chi connectivity index (χ1) is 16.7. The molecule has 0 radical (unpaired) electrons. The summed E-state index contributed by atoms with van der Waals surface area (Å²) in [5, 5.41) is 7.87. The van der Waals surface area contributed by atoms with Gasteiger partial charge in [-0.1, -0.05) is 17.7 Å². The maximum absolute atomic E-state index is 13.3. The van der Waals surface area contributed by atoms with Crippen LogP contribution in [0.25, 0.3) is 17.3 Å². The minimum Gasteiger partial charge on any atom is -0.494 e. The van der Waals surface area contributed by atoms with Crippen molar-refractivity contribution in [2.45, 2.75) is 18.6 Å². The van der Waals surface area contributed by atoms with Crippen LogP contribution in [0, 0.1) is 0 Å². The van der Waals surface area contributed by atoms with Crippen LogP contribution in [0.1, 0.15) is 12.6 Å². The number of para-hydroxylation sites is 1. The SMILES string of the molecule is COc1cccc(OC)c1-n1c(NS(=O)(=O)[C@@H](C)Cc2ncc(Cl)cc2Br)nnc1-c1ccco1. The van der Waals surface area contributed by atoms with Gasteiger partial charge in [0.25, 0.3) is 0 Å². The quantitative estimate of drug-likeness (QED) is 0.301. The third kappa shape index (κ3) is 5.14. The molecule has 0 aliphatic carbocycles. The van der Waals surface area contributed by atoms with Gasteiger partial charge in [0.1, 0.15) is 17.2 Å². The molecule has 0 saturated heterocycles. The number of hydrogen-bond acceptors (Lipinski definition) is 8. The van der Waals surface area contributed by atoms with Gasteiger partial charge in [0.15, 0.2) is 5.76 Å². The zero-order valence-corrected chi connectivity index (χ0v) is 22.1. The molecular weight excluding hydrogens is 562 g/mol. The summed E-state index contributed by atoms with van der Waals surface area (Å²) in [7, 11) is -0.947. The standard InChI is InChI=1S/C22H21BrClN5O5S/c1-13(10-16-15(23)11-14(24)12-25-16)35(30,31)28-22-27-26-21(19-8-5-9-34-19)29(22)20-17(32-2)6-4-7-18(20)33-3/h4-9,11-13H,10H2,1-3H3,(H,27,28)/t13-/m0/s1. The molecular formula is C22H21BrClN5O5S. The summed E-state index contributed by atoms with van der Waals surface area (Å²) < 4.78 is 47.9. The van der Waals surface area contributed by atoms with Crippen LogP contribution in [0.3, 0.4) is 0 Å². The molecule has 0 aliphatic rings. The maximum atomic E-state index is 13.3. The van der Waals surface area contributed by atoms with Gasteiger partial charge in [-0.3, -0.25) is 14.3 Å². The van der Waals surface area contributed by atoms with Gasteiger partial charge in [0.05, 0.1) is 36.4 Å². The molecule has 0 aliphatic heterocycles. The van der Waals surface area contributed by atoms with E-state index in [1.807, 2.05) is 0 Å². The minimum absolute atomic E-state index is 0.0609. The predicted molar refractivity (Wildman–Crippen MR) is 135 cm³/mol. The van der Waals surface area contributed by atoms with Crippen LogP contribution in [0.4, 0.5) is 5.95 Å². The second-order valence-electron chi connectivity index (χ2n) is 7.41. The average Bonchev–Trinajstić information content (AvgIpc) is 3.50. The molecule has 0 spiro atoms. The van der Waals surface area contributed by atoms with Crippen LogP contribution in [0.5, 0.6) is 11.5 Å². The molecule has 35 heavy (non-hydrogen) atoms. The molecule has 3 aromatic heterocycles. The van der Waals surface area contributed by atoms with Crippen molar-refractivity contribution in [2.24, 2.45) is 0 Å². The van der Waals surface area contributed by atoms with E-state index in [1.165, 1.54) is 31.2 Å². The van der Waals surface area contributed by atoms with Crippen LogP contribution in [0.15, 0.2) is 57.7 Å². The number of pyridine rings is 1. The fourth-order valence-electron chi connectivity index (χ4n) is 3.38. The minimum atomic E-state index is -3.94. The van der Waals surface area contributed by atoms with Crippen molar-refractivity contribution >= 4 is 43.5 Å². The number of aromatic nitrogens is 4. The van der Waals surface area contributed by atoms with Crippen LogP contribution >= 0.6 is 27.5 Å². The van der Waals surface area contributed by atoms with Crippen LogP contribution in [-0.4, -0.2) is 47.6 Å². The normalized spacial score (nSPS) is 12.4. The molecule has 0 unspecified atom stereocenters. The molecule has 1 N–H and O–H groups in total. The van der Waals surface area contributed by atoms with E-state index in [9.17, 15) is 8.42 Å². The summed E-state index contributed by atoms with van der Waals surface area (Å²) >= 11 is 9.33. The van der Waals surface area contributed by atoms with Crippen LogP contribution < -0.4 is 14.2 Å². The van der Waals surface area contributed by atoms with E-state index in [-0.39, 0.29) is 18.2 Å². The lowest BCUT2D eigenvalue weighted by atomic mass is 10.2. The predicted octanol–water partition coefficient (Wildman–Crippen LogP) is 4.73. The molecule has 184 valence electrons. The van der Waals surface area contributed by atoms with Crippen molar-refractivity contribution in [3.63, 3.8) is 0 Å². The number of rotatable bonds is 9. The Morgan fingerprint density at radius 3 is 2.49 bits per heavy atom. The summed E-state index contributed by atoms with van der Waals surface area (Å²) in [5.41, 5.74) is 0.956. The van der Waals surface area contributed by atoms with Gasteiger partial charge in [0, 0.05) is 17.1 Å². The van der Waals surface area contributed by atoms with Gasteiger partial charge in [-0.15, -0.1) is 10.2 Å². The number of hydrogen-bond donors (Lipinski definition) is 1. The van der Waals surface area contributed by atoms with Gasteiger partial charge in [-0.2, -0.15) is 0 Å². The van der Waals surface area contributed by atoms with Crippen molar-refractivity contribution < 1.29 is 22.3 Å². The van der Waals surface area contributed by atoms with Crippen molar-refractivity contribution in [1.82, 2.24) is 19.7 Å². The third-order valence-electron chi connectivity index (χ3n) is 5.16. The summed E-state index contributed by atoms with van der Waals surface area (Å²) in [6.45, 7) is 1.57. The van der Waals surface area contributed by atoms with Crippen molar-refractivity contribution in [1.29, 1.82) is 0 Å². The Kier molecular flexibility index (Phi) is 7.33. The lowest BCUT2D eigenvalue weighted by Gasteiger charge is -2.18. The van der Waals surface area contributed by atoms with E-state index in [0.29, 0.717) is 38.1 Å². The average molecular weight is 583 g/mol. The van der Waals surface area contributed by atoms with Gasteiger partial charge in [-0.05, 0) is 53.2 Å². The van der Waals surface area contributed by atoms with Crippen molar-refractivity contribution in [2.75, 3.05) is 18.9 Å². The van der Waals surface area contributed by atoms with E-state index < -0.39 is 15.3 Å². The topological polar surface area (TPSA) is 121 Å². The first-order valence-corrected chi connectivity index (χ1v) is 13.0. The van der Waals surface area contributed by atoms with E-state index in [1.54, 1.807) is 43.3 Å². The van der Waals surface area contributed by atoms with E-state index in [4.69, 9.17) is 25.5 Å². The Labute approximate surface area is 215 Å². The van der Waals surface area contributed by atoms with Gasteiger partial charge >= 0.3 is 0 Å². The number of halogens is 2.